The average molecular weight is 217 g/mol. The number of hydrogen-bond acceptors (Lipinski definition) is 6. The van der Waals surface area contributed by atoms with Gasteiger partial charge in [-0.3, -0.25) is 4.21 Å². The van der Waals surface area contributed by atoms with Crippen LogP contribution in [0.2, 0.25) is 0 Å². The molecule has 1 heterocycles. The van der Waals surface area contributed by atoms with E-state index in [1.165, 1.54) is 14.2 Å². The normalized spacial score (nSPS) is 12.3. The summed E-state index contributed by atoms with van der Waals surface area (Å²) < 4.78 is 31.3. The van der Waals surface area contributed by atoms with Gasteiger partial charge in [0.25, 0.3) is 0 Å². The molecule has 6 nitrogen and oxygen atoms in total. The highest BCUT2D eigenvalue weighted by Gasteiger charge is 2.14. The number of methoxy groups -OCH3 is 2. The number of hydrogen-bond donors (Lipinski definition) is 0. The predicted molar refractivity (Wildman–Crippen MR) is 47.1 cm³/mol. The predicted octanol–water partition coefficient (Wildman–Crippen LogP) is 0.0402. The molecule has 0 fully saturated rings. The lowest BCUT2D eigenvalue weighted by Crippen LogP contribution is -2.05. The molecule has 0 aliphatic rings. The van der Waals surface area contributed by atoms with Crippen LogP contribution in [0.3, 0.4) is 0 Å². The van der Waals surface area contributed by atoms with Crippen molar-refractivity contribution < 1.29 is 18.2 Å². The van der Waals surface area contributed by atoms with Gasteiger partial charge in [-0.05, 0) is 18.0 Å². The highest BCUT2D eigenvalue weighted by atomic mass is 32.2. The summed E-state index contributed by atoms with van der Waals surface area (Å²) in [6.07, 6.45) is 0. The molecule has 78 valence electrons. The van der Waals surface area contributed by atoms with Crippen LogP contribution in [0.15, 0.2) is 4.90 Å². The first-order valence-corrected chi connectivity index (χ1v) is 4.73. The number of aromatic nitrogens is 2. The summed E-state index contributed by atoms with van der Waals surface area (Å²) in [7, 11) is 2.66. The Morgan fingerprint density at radius 3 is 1.93 bits per heavy atom. The summed E-state index contributed by atoms with van der Waals surface area (Å²) in [4.78, 5) is 7.46. The largest absolute Gasteiger partial charge is 0.768 e. The van der Waals surface area contributed by atoms with Gasteiger partial charge in [0.15, 0.2) is 0 Å². The molecule has 0 aliphatic heterocycles. The first kappa shape index (κ1) is 10.9. The zero-order chi connectivity index (χ0) is 10.7. The van der Waals surface area contributed by atoms with Gasteiger partial charge in [0.1, 0.15) is 10.7 Å². The Morgan fingerprint density at radius 2 is 1.64 bits per heavy atom. The van der Waals surface area contributed by atoms with E-state index in [0.29, 0.717) is 5.82 Å². The third-order valence-corrected chi connectivity index (χ3v) is 2.15. The van der Waals surface area contributed by atoms with Crippen molar-refractivity contribution in [3.05, 3.63) is 5.82 Å². The summed E-state index contributed by atoms with van der Waals surface area (Å²) in [5.41, 5.74) is 0. The fraction of sp³-hybridized carbons (Fsp3) is 0.429. The van der Waals surface area contributed by atoms with Crippen LogP contribution in [-0.2, 0) is 11.1 Å². The lowest BCUT2D eigenvalue weighted by Gasteiger charge is -2.13. The average Bonchev–Trinajstić information content (AvgIpc) is 2.15. The highest BCUT2D eigenvalue weighted by Crippen LogP contribution is 2.27. The zero-order valence-corrected chi connectivity index (χ0v) is 8.75. The van der Waals surface area contributed by atoms with Crippen molar-refractivity contribution in [3.8, 4) is 11.8 Å². The molecule has 1 rings (SSSR count). The Bertz CT molecular complexity index is 344. The molecule has 1 unspecified atom stereocenters. The number of ether oxygens (including phenoxy) is 2. The molecule has 0 bridgehead atoms. The Hall–Kier alpha value is -1.21. The Labute approximate surface area is 83.6 Å². The van der Waals surface area contributed by atoms with Crippen molar-refractivity contribution in [1.29, 1.82) is 0 Å². The van der Waals surface area contributed by atoms with Gasteiger partial charge in [-0.2, -0.15) is 9.97 Å². The molecule has 1 aromatic rings. The van der Waals surface area contributed by atoms with Crippen LogP contribution in [-0.4, -0.2) is 32.9 Å². The second-order valence-electron chi connectivity index (χ2n) is 2.35. The molecule has 7 heteroatoms. The molecule has 0 radical (unpaired) electrons. The molecule has 1 atom stereocenters. The molecule has 0 aromatic carbocycles. The van der Waals surface area contributed by atoms with E-state index >= 15 is 0 Å². The number of rotatable bonds is 3. The fourth-order valence-electron chi connectivity index (χ4n) is 0.931. The monoisotopic (exact) mass is 217 g/mol. The zero-order valence-electron chi connectivity index (χ0n) is 7.94. The molecule has 0 saturated heterocycles. The van der Waals surface area contributed by atoms with E-state index < -0.39 is 11.1 Å². The molecule has 14 heavy (non-hydrogen) atoms. The minimum absolute atomic E-state index is 0.0114. The van der Waals surface area contributed by atoms with Crippen LogP contribution in [0.5, 0.6) is 11.8 Å². The van der Waals surface area contributed by atoms with Crippen LogP contribution in [0.25, 0.3) is 0 Å². The summed E-state index contributed by atoms with van der Waals surface area (Å²) in [6.45, 7) is 1.61. The fourth-order valence-corrected chi connectivity index (χ4v) is 1.47. The topological polar surface area (TPSA) is 84.4 Å². The molecule has 1 aromatic heterocycles. The van der Waals surface area contributed by atoms with E-state index in [1.807, 2.05) is 0 Å². The third kappa shape index (κ3) is 1.99. The van der Waals surface area contributed by atoms with E-state index in [0.717, 1.165) is 0 Å². The van der Waals surface area contributed by atoms with Crippen molar-refractivity contribution in [2.24, 2.45) is 0 Å². The van der Waals surface area contributed by atoms with E-state index in [1.54, 1.807) is 6.92 Å². The van der Waals surface area contributed by atoms with Gasteiger partial charge in [-0.1, -0.05) is 0 Å². The van der Waals surface area contributed by atoms with Crippen molar-refractivity contribution in [1.82, 2.24) is 9.97 Å². The van der Waals surface area contributed by atoms with Gasteiger partial charge in [0.05, 0.1) is 14.2 Å². The molecule has 0 spiro atoms. The Balaban J connectivity index is 3.40. The summed E-state index contributed by atoms with van der Waals surface area (Å²) in [5, 5.41) is 0. The van der Waals surface area contributed by atoms with Gasteiger partial charge in [-0.25, -0.2) is 0 Å². The first-order chi connectivity index (χ1) is 6.60. The second kappa shape index (κ2) is 4.34. The summed E-state index contributed by atoms with van der Waals surface area (Å²) in [5.74, 6) is 0.360. The summed E-state index contributed by atoms with van der Waals surface area (Å²) >= 11 is -2.49. The highest BCUT2D eigenvalue weighted by molar-refractivity contribution is 7.79. The summed E-state index contributed by atoms with van der Waals surface area (Å²) in [6, 6.07) is 0. The standard InChI is InChI=1S/C7H10N2O4S/c1-4-8-6(12-2)5(14(10)11)7(9-4)13-3/h1-3H3,(H,10,11)/p-1. The smallest absolute Gasteiger partial charge is 0.235 e. The lowest BCUT2D eigenvalue weighted by atomic mass is 10.5. The van der Waals surface area contributed by atoms with Crippen molar-refractivity contribution in [3.63, 3.8) is 0 Å². The maximum Gasteiger partial charge on any atom is 0.235 e. The maximum atomic E-state index is 10.8. The van der Waals surface area contributed by atoms with E-state index in [2.05, 4.69) is 9.97 Å². The molecule has 0 amide bonds. The third-order valence-electron chi connectivity index (χ3n) is 1.47. The lowest BCUT2D eigenvalue weighted by molar-refractivity contribution is 0.346. The second-order valence-corrected chi connectivity index (χ2v) is 3.23. The van der Waals surface area contributed by atoms with Crippen molar-refractivity contribution in [2.75, 3.05) is 14.2 Å². The Kier molecular flexibility index (Phi) is 3.37. The molecular formula is C7H9N2O4S-. The SMILES string of the molecule is COc1nc(C)nc(OC)c1S(=O)[O-]. The number of aryl methyl sites for hydroxylation is 1. The van der Waals surface area contributed by atoms with E-state index in [9.17, 15) is 8.76 Å². The minimum Gasteiger partial charge on any atom is -0.768 e. The molecular weight excluding hydrogens is 208 g/mol. The van der Waals surface area contributed by atoms with Crippen LogP contribution >= 0.6 is 0 Å². The molecule has 0 saturated carbocycles. The molecule has 0 N–H and O–H groups in total. The Morgan fingerprint density at radius 1 is 1.21 bits per heavy atom. The quantitative estimate of drug-likeness (QED) is 0.664. The van der Waals surface area contributed by atoms with Gasteiger partial charge in [0, 0.05) is 0 Å². The van der Waals surface area contributed by atoms with Crippen LogP contribution < -0.4 is 9.47 Å². The van der Waals surface area contributed by atoms with Gasteiger partial charge in [0.2, 0.25) is 11.8 Å². The van der Waals surface area contributed by atoms with Gasteiger partial charge >= 0.3 is 0 Å². The van der Waals surface area contributed by atoms with Crippen molar-refractivity contribution in [2.45, 2.75) is 11.8 Å². The van der Waals surface area contributed by atoms with Crippen molar-refractivity contribution >= 4 is 11.1 Å². The van der Waals surface area contributed by atoms with Gasteiger partial charge in [-0.15, -0.1) is 0 Å². The van der Waals surface area contributed by atoms with Crippen LogP contribution in [0, 0.1) is 6.92 Å². The van der Waals surface area contributed by atoms with Crippen LogP contribution in [0.1, 0.15) is 5.82 Å². The van der Waals surface area contributed by atoms with E-state index in [4.69, 9.17) is 9.47 Å². The minimum atomic E-state index is -2.49. The first-order valence-electron chi connectivity index (χ1n) is 3.66. The van der Waals surface area contributed by atoms with Gasteiger partial charge < -0.3 is 14.0 Å². The number of nitrogens with zero attached hydrogens (tertiary/aromatic N) is 2. The van der Waals surface area contributed by atoms with Crippen LogP contribution in [0.4, 0.5) is 0 Å². The molecule has 0 aliphatic carbocycles. The maximum absolute atomic E-state index is 10.8. The van der Waals surface area contributed by atoms with E-state index in [-0.39, 0.29) is 16.7 Å².